The first-order valence-corrected chi connectivity index (χ1v) is 9.67. The molecular formula is C22H20Cl2N2O3. The molecule has 0 aliphatic rings. The molecule has 0 saturated heterocycles. The summed E-state index contributed by atoms with van der Waals surface area (Å²) >= 11 is 12.2. The number of carbonyl (C=O) groups is 1. The molecule has 0 aliphatic carbocycles. The molecule has 0 spiro atoms. The van der Waals surface area contributed by atoms with Gasteiger partial charge in [-0.2, -0.15) is 5.10 Å². The highest BCUT2D eigenvalue weighted by Gasteiger charge is 2.10. The number of aryl methyl sites for hydroxylation is 2. The molecule has 1 amide bonds. The molecule has 2 aromatic carbocycles. The number of carbonyl (C=O) groups excluding carboxylic acids is 1. The second-order valence-electron chi connectivity index (χ2n) is 6.56. The van der Waals surface area contributed by atoms with Crippen molar-refractivity contribution in [1.29, 1.82) is 0 Å². The third kappa shape index (κ3) is 5.19. The number of furan rings is 1. The molecule has 1 heterocycles. The summed E-state index contributed by atoms with van der Waals surface area (Å²) < 4.78 is 11.3. The highest BCUT2D eigenvalue weighted by molar-refractivity contribution is 6.35. The Balaban J connectivity index is 1.58. The van der Waals surface area contributed by atoms with Gasteiger partial charge in [-0.15, -0.1) is 0 Å². The predicted octanol–water partition coefficient (Wildman–Crippen LogP) is 5.71. The fourth-order valence-corrected chi connectivity index (χ4v) is 3.12. The SMILES string of the molecule is Cc1ccc(C)c(OCC(=O)N/N=C/c2ccc(-c3cc(Cl)ccc3Cl)o2)c1C. The quantitative estimate of drug-likeness (QED) is 0.402. The molecule has 29 heavy (non-hydrogen) atoms. The van der Waals surface area contributed by atoms with Crippen LogP contribution in [-0.4, -0.2) is 18.7 Å². The zero-order valence-electron chi connectivity index (χ0n) is 16.3. The summed E-state index contributed by atoms with van der Waals surface area (Å²) in [5.41, 5.74) is 6.21. The van der Waals surface area contributed by atoms with Gasteiger partial charge in [0.15, 0.2) is 6.61 Å². The topological polar surface area (TPSA) is 63.8 Å². The van der Waals surface area contributed by atoms with Gasteiger partial charge >= 0.3 is 0 Å². The van der Waals surface area contributed by atoms with Gasteiger partial charge in [0.25, 0.3) is 5.91 Å². The van der Waals surface area contributed by atoms with Crippen LogP contribution in [0.25, 0.3) is 11.3 Å². The van der Waals surface area contributed by atoms with Crippen LogP contribution in [0.5, 0.6) is 5.75 Å². The van der Waals surface area contributed by atoms with Crippen molar-refractivity contribution >= 4 is 35.3 Å². The maximum absolute atomic E-state index is 12.0. The molecule has 0 unspecified atom stereocenters. The van der Waals surface area contributed by atoms with Crippen LogP contribution in [0.15, 0.2) is 52.0 Å². The van der Waals surface area contributed by atoms with Crippen molar-refractivity contribution in [2.45, 2.75) is 20.8 Å². The number of hydrogen-bond acceptors (Lipinski definition) is 4. The lowest BCUT2D eigenvalue weighted by molar-refractivity contribution is -0.123. The van der Waals surface area contributed by atoms with Crippen molar-refractivity contribution < 1.29 is 13.9 Å². The average molecular weight is 431 g/mol. The van der Waals surface area contributed by atoms with Gasteiger partial charge in [0.2, 0.25) is 0 Å². The number of amides is 1. The summed E-state index contributed by atoms with van der Waals surface area (Å²) in [6, 6.07) is 12.6. The second-order valence-corrected chi connectivity index (χ2v) is 7.41. The van der Waals surface area contributed by atoms with Gasteiger partial charge in [-0.3, -0.25) is 4.79 Å². The molecule has 0 atom stereocenters. The Bertz CT molecular complexity index is 1070. The maximum atomic E-state index is 12.0. The first-order valence-electron chi connectivity index (χ1n) is 8.92. The highest BCUT2D eigenvalue weighted by Crippen LogP contribution is 2.31. The fraction of sp³-hybridized carbons (Fsp3) is 0.182. The number of halogens is 2. The van der Waals surface area contributed by atoms with Crippen molar-refractivity contribution in [3.63, 3.8) is 0 Å². The molecular weight excluding hydrogens is 411 g/mol. The van der Waals surface area contributed by atoms with Crippen LogP contribution in [0.3, 0.4) is 0 Å². The van der Waals surface area contributed by atoms with E-state index in [1.165, 1.54) is 6.21 Å². The van der Waals surface area contributed by atoms with E-state index in [-0.39, 0.29) is 12.5 Å². The smallest absolute Gasteiger partial charge is 0.277 e. The van der Waals surface area contributed by atoms with E-state index >= 15 is 0 Å². The van der Waals surface area contributed by atoms with Gasteiger partial charge in [0, 0.05) is 10.6 Å². The predicted molar refractivity (Wildman–Crippen MR) is 116 cm³/mol. The number of rotatable bonds is 6. The minimum absolute atomic E-state index is 0.135. The Hall–Kier alpha value is -2.76. The molecule has 0 aliphatic heterocycles. The van der Waals surface area contributed by atoms with Crippen LogP contribution in [-0.2, 0) is 4.79 Å². The van der Waals surface area contributed by atoms with E-state index in [0.29, 0.717) is 27.1 Å². The van der Waals surface area contributed by atoms with E-state index in [1.807, 2.05) is 32.9 Å². The van der Waals surface area contributed by atoms with Crippen LogP contribution in [0, 0.1) is 20.8 Å². The average Bonchev–Trinajstić information content (AvgIpc) is 3.15. The van der Waals surface area contributed by atoms with E-state index in [2.05, 4.69) is 10.5 Å². The number of benzene rings is 2. The van der Waals surface area contributed by atoms with E-state index < -0.39 is 0 Å². The molecule has 150 valence electrons. The van der Waals surface area contributed by atoms with Crippen molar-refractivity contribution in [3.8, 4) is 17.1 Å². The largest absolute Gasteiger partial charge is 0.483 e. The molecule has 1 aromatic heterocycles. The Morgan fingerprint density at radius 3 is 2.66 bits per heavy atom. The van der Waals surface area contributed by atoms with E-state index in [9.17, 15) is 4.79 Å². The Kier molecular flexibility index (Phi) is 6.62. The number of nitrogens with zero attached hydrogens (tertiary/aromatic N) is 1. The Labute approximate surface area is 179 Å². The van der Waals surface area contributed by atoms with Crippen LogP contribution < -0.4 is 10.2 Å². The molecule has 7 heteroatoms. The summed E-state index contributed by atoms with van der Waals surface area (Å²) in [4.78, 5) is 12.0. The van der Waals surface area contributed by atoms with Crippen LogP contribution in [0.4, 0.5) is 0 Å². The van der Waals surface area contributed by atoms with Gasteiger partial charge in [-0.25, -0.2) is 5.43 Å². The zero-order valence-corrected chi connectivity index (χ0v) is 17.8. The van der Waals surface area contributed by atoms with Crippen molar-refractivity contribution in [1.82, 2.24) is 5.43 Å². The maximum Gasteiger partial charge on any atom is 0.277 e. The van der Waals surface area contributed by atoms with Crippen molar-refractivity contribution in [3.05, 3.63) is 75.0 Å². The molecule has 5 nitrogen and oxygen atoms in total. The monoisotopic (exact) mass is 430 g/mol. The first-order chi connectivity index (χ1) is 13.8. The molecule has 0 bridgehead atoms. The molecule has 3 aromatic rings. The van der Waals surface area contributed by atoms with Crippen LogP contribution >= 0.6 is 23.2 Å². The summed E-state index contributed by atoms with van der Waals surface area (Å²) in [7, 11) is 0. The summed E-state index contributed by atoms with van der Waals surface area (Å²) in [5, 5.41) is 4.99. The van der Waals surface area contributed by atoms with Gasteiger partial charge in [0.1, 0.15) is 17.3 Å². The first kappa shape index (κ1) is 21.0. The summed E-state index contributed by atoms with van der Waals surface area (Å²) in [6.45, 7) is 5.77. The lowest BCUT2D eigenvalue weighted by Crippen LogP contribution is -2.25. The minimum atomic E-state index is -0.369. The summed E-state index contributed by atoms with van der Waals surface area (Å²) in [5.74, 6) is 1.37. The molecule has 0 saturated carbocycles. The van der Waals surface area contributed by atoms with Crippen LogP contribution in [0.2, 0.25) is 10.0 Å². The lowest BCUT2D eigenvalue weighted by Gasteiger charge is -2.13. The molecule has 1 N–H and O–H groups in total. The van der Waals surface area contributed by atoms with Gasteiger partial charge < -0.3 is 9.15 Å². The Morgan fingerprint density at radius 2 is 1.86 bits per heavy atom. The van der Waals surface area contributed by atoms with E-state index in [4.69, 9.17) is 32.4 Å². The number of hydrazone groups is 1. The fourth-order valence-electron chi connectivity index (χ4n) is 2.74. The van der Waals surface area contributed by atoms with Gasteiger partial charge in [0.05, 0.1) is 11.2 Å². The van der Waals surface area contributed by atoms with E-state index in [0.717, 1.165) is 22.4 Å². The molecule has 0 radical (unpaired) electrons. The van der Waals surface area contributed by atoms with Crippen LogP contribution in [0.1, 0.15) is 22.5 Å². The van der Waals surface area contributed by atoms with Crippen molar-refractivity contribution in [2.75, 3.05) is 6.61 Å². The third-order valence-corrected chi connectivity index (χ3v) is 4.99. The van der Waals surface area contributed by atoms with Gasteiger partial charge in [-0.1, -0.05) is 35.3 Å². The number of nitrogens with one attached hydrogen (secondary N) is 1. The second kappa shape index (κ2) is 9.16. The van der Waals surface area contributed by atoms with Crippen molar-refractivity contribution in [2.24, 2.45) is 5.10 Å². The number of hydrogen-bond donors (Lipinski definition) is 1. The van der Waals surface area contributed by atoms with Gasteiger partial charge in [-0.05, 0) is 67.8 Å². The zero-order chi connectivity index (χ0) is 21.0. The Morgan fingerprint density at radius 1 is 1.10 bits per heavy atom. The minimum Gasteiger partial charge on any atom is -0.483 e. The van der Waals surface area contributed by atoms with E-state index in [1.54, 1.807) is 30.3 Å². The summed E-state index contributed by atoms with van der Waals surface area (Å²) in [6.07, 6.45) is 1.41. The standard InChI is InChI=1S/C22H20Cl2N2O3/c1-13-4-5-14(2)22(15(13)3)28-12-21(27)26-25-11-17-7-9-20(29-17)18-10-16(23)6-8-19(18)24/h4-11H,12H2,1-3H3,(H,26,27)/b25-11+. The normalized spacial score (nSPS) is 11.1. The highest BCUT2D eigenvalue weighted by atomic mass is 35.5. The number of ether oxygens (including phenoxy) is 1. The lowest BCUT2D eigenvalue weighted by atomic mass is 10.1. The third-order valence-electron chi connectivity index (χ3n) is 4.42. The molecule has 3 rings (SSSR count). The molecule has 0 fully saturated rings.